The minimum absolute atomic E-state index is 0.283. The van der Waals surface area contributed by atoms with Crippen LogP contribution in [0.15, 0.2) is 12.1 Å². The van der Waals surface area contributed by atoms with E-state index in [9.17, 15) is 5.11 Å². The lowest BCUT2D eigenvalue weighted by Gasteiger charge is -1.95. The second-order valence-corrected chi connectivity index (χ2v) is 4.49. The van der Waals surface area contributed by atoms with Crippen molar-refractivity contribution >= 4 is 56.1 Å². The minimum Gasteiger partial charge on any atom is -0.507 e. The molecule has 1 aromatic carbocycles. The predicted octanol–water partition coefficient (Wildman–Crippen LogP) is 2.48. The Morgan fingerprint density at radius 3 is 2.83 bits per heavy atom. The highest BCUT2D eigenvalue weighted by molar-refractivity contribution is 14.1. The molecule has 0 spiro atoms. The van der Waals surface area contributed by atoms with E-state index in [1.54, 1.807) is 6.07 Å². The first-order valence-electron chi connectivity index (χ1n) is 3.21. The zero-order valence-corrected chi connectivity index (χ0v) is 10.1. The zero-order valence-electron chi connectivity index (χ0n) is 5.81. The molecule has 2 aromatic rings. The number of benzene rings is 1. The number of hydrogen-bond donors (Lipinski definition) is 2. The average molecular weight is 386 g/mol. The zero-order chi connectivity index (χ0) is 8.72. The number of H-pyrrole nitrogens is 1. The van der Waals surface area contributed by atoms with E-state index >= 15 is 0 Å². The molecule has 0 atom stereocenters. The fourth-order valence-electron chi connectivity index (χ4n) is 1.01. The van der Waals surface area contributed by atoms with Gasteiger partial charge in [0.2, 0.25) is 0 Å². The molecule has 0 aliphatic carbocycles. The van der Waals surface area contributed by atoms with Gasteiger partial charge in [-0.3, -0.25) is 5.10 Å². The molecule has 0 aliphatic heterocycles. The molecule has 0 saturated carbocycles. The molecule has 0 aliphatic rings. The Labute approximate surface area is 95.8 Å². The lowest BCUT2D eigenvalue weighted by molar-refractivity contribution is 0.472. The number of phenolic OH excluding ortho intramolecular Hbond substituents is 1. The summed E-state index contributed by atoms with van der Waals surface area (Å²) in [5, 5.41) is 17.4. The number of halogens is 2. The normalized spacial score (nSPS) is 10.8. The lowest BCUT2D eigenvalue weighted by atomic mass is 10.2. The fraction of sp³-hybridized carbons (Fsp3) is 0. The van der Waals surface area contributed by atoms with Gasteiger partial charge in [-0.25, -0.2) is 0 Å². The summed E-state index contributed by atoms with van der Waals surface area (Å²) in [6, 6.07) is 3.54. The van der Waals surface area contributed by atoms with Crippen LogP contribution in [0.3, 0.4) is 0 Å². The number of aromatic hydroxyl groups is 1. The second-order valence-electron chi connectivity index (χ2n) is 2.33. The molecule has 62 valence electrons. The number of nitrogens with one attached hydrogen (secondary N) is 1. The number of rotatable bonds is 0. The predicted molar refractivity (Wildman–Crippen MR) is 63.2 cm³/mol. The van der Waals surface area contributed by atoms with Crippen molar-refractivity contribution in [3.63, 3.8) is 0 Å². The fourth-order valence-corrected chi connectivity index (χ4v) is 2.15. The van der Waals surface area contributed by atoms with Crippen LogP contribution in [0, 0.1) is 7.27 Å². The molecule has 3 nitrogen and oxygen atoms in total. The molecule has 1 aromatic heterocycles. The number of aromatic amines is 1. The molecular formula is C7H4I2N2O. The van der Waals surface area contributed by atoms with Gasteiger partial charge >= 0.3 is 0 Å². The summed E-state index contributed by atoms with van der Waals surface area (Å²) in [6.45, 7) is 0. The van der Waals surface area contributed by atoms with E-state index in [1.165, 1.54) is 0 Å². The third kappa shape index (κ3) is 1.18. The van der Waals surface area contributed by atoms with Gasteiger partial charge in [0, 0.05) is 5.39 Å². The summed E-state index contributed by atoms with van der Waals surface area (Å²) in [5.41, 5.74) is 0.833. The first-order valence-corrected chi connectivity index (χ1v) is 5.37. The SMILES string of the molecule is Oc1ccc2c(I)[nH]nc2c1I. The first kappa shape index (κ1) is 8.54. The van der Waals surface area contributed by atoms with E-state index in [1.807, 2.05) is 6.07 Å². The van der Waals surface area contributed by atoms with Crippen LogP contribution in [0.5, 0.6) is 5.75 Å². The molecule has 2 N–H and O–H groups in total. The molecule has 0 unspecified atom stereocenters. The van der Waals surface area contributed by atoms with Crippen LogP contribution < -0.4 is 0 Å². The highest BCUT2D eigenvalue weighted by atomic mass is 127. The van der Waals surface area contributed by atoms with Crippen LogP contribution in [0.25, 0.3) is 10.9 Å². The molecule has 0 saturated heterocycles. The van der Waals surface area contributed by atoms with Gasteiger partial charge in [-0.05, 0) is 57.3 Å². The molecule has 0 radical (unpaired) electrons. The quantitative estimate of drug-likeness (QED) is 0.684. The number of phenols is 1. The van der Waals surface area contributed by atoms with E-state index in [4.69, 9.17) is 0 Å². The third-order valence-corrected chi connectivity index (χ3v) is 3.48. The van der Waals surface area contributed by atoms with Crippen LogP contribution >= 0.6 is 45.2 Å². The molecule has 1 heterocycles. The van der Waals surface area contributed by atoms with E-state index < -0.39 is 0 Å². The number of aromatic nitrogens is 2. The van der Waals surface area contributed by atoms with Crippen LogP contribution in [0.4, 0.5) is 0 Å². The molecule has 0 bridgehead atoms. The maximum atomic E-state index is 9.36. The highest BCUT2D eigenvalue weighted by Gasteiger charge is 2.08. The van der Waals surface area contributed by atoms with E-state index in [2.05, 4.69) is 55.4 Å². The largest absolute Gasteiger partial charge is 0.507 e. The number of hydrogen-bond acceptors (Lipinski definition) is 2. The summed E-state index contributed by atoms with van der Waals surface area (Å²) in [7, 11) is 0. The first-order chi connectivity index (χ1) is 5.70. The van der Waals surface area contributed by atoms with Gasteiger partial charge in [0.05, 0.1) is 3.57 Å². The van der Waals surface area contributed by atoms with Crippen molar-refractivity contribution in [1.82, 2.24) is 10.2 Å². The molecule has 0 amide bonds. The van der Waals surface area contributed by atoms with Crippen LogP contribution in [-0.4, -0.2) is 15.3 Å². The van der Waals surface area contributed by atoms with E-state index in [-0.39, 0.29) is 5.75 Å². The molecule has 5 heteroatoms. The van der Waals surface area contributed by atoms with Gasteiger partial charge in [0.25, 0.3) is 0 Å². The Balaban J connectivity index is 2.93. The van der Waals surface area contributed by atoms with Crippen molar-refractivity contribution in [3.8, 4) is 5.75 Å². The van der Waals surface area contributed by atoms with Crippen molar-refractivity contribution in [2.24, 2.45) is 0 Å². The molecule has 2 rings (SSSR count). The minimum atomic E-state index is 0.283. The smallest absolute Gasteiger partial charge is 0.131 e. The highest BCUT2D eigenvalue weighted by Crippen LogP contribution is 2.28. The molecule has 12 heavy (non-hydrogen) atoms. The van der Waals surface area contributed by atoms with E-state index in [0.717, 1.165) is 18.2 Å². The Kier molecular flexibility index (Phi) is 2.15. The van der Waals surface area contributed by atoms with Gasteiger partial charge < -0.3 is 5.11 Å². The number of fused-ring (bicyclic) bond motifs is 1. The Morgan fingerprint density at radius 2 is 2.08 bits per heavy atom. The summed E-state index contributed by atoms with van der Waals surface area (Å²) in [5.74, 6) is 0.283. The summed E-state index contributed by atoms with van der Waals surface area (Å²) < 4.78 is 1.80. The Bertz CT molecular complexity index is 438. The van der Waals surface area contributed by atoms with Gasteiger partial charge in [-0.15, -0.1) is 0 Å². The third-order valence-electron chi connectivity index (χ3n) is 1.60. The lowest BCUT2D eigenvalue weighted by Crippen LogP contribution is -1.76. The number of nitrogens with zero attached hydrogens (tertiary/aromatic N) is 1. The Morgan fingerprint density at radius 1 is 1.33 bits per heavy atom. The van der Waals surface area contributed by atoms with Crippen molar-refractivity contribution in [3.05, 3.63) is 19.4 Å². The van der Waals surface area contributed by atoms with Crippen LogP contribution in [0.1, 0.15) is 0 Å². The topological polar surface area (TPSA) is 48.9 Å². The average Bonchev–Trinajstić information content (AvgIpc) is 2.41. The van der Waals surface area contributed by atoms with Crippen molar-refractivity contribution in [2.75, 3.05) is 0 Å². The summed E-state index contributed by atoms with van der Waals surface area (Å²) in [4.78, 5) is 0. The van der Waals surface area contributed by atoms with E-state index in [0.29, 0.717) is 0 Å². The maximum Gasteiger partial charge on any atom is 0.131 e. The monoisotopic (exact) mass is 386 g/mol. The summed E-state index contributed by atoms with van der Waals surface area (Å²) in [6.07, 6.45) is 0. The van der Waals surface area contributed by atoms with Crippen molar-refractivity contribution < 1.29 is 5.11 Å². The maximum absolute atomic E-state index is 9.36. The Hall–Kier alpha value is -0.0500. The summed E-state index contributed by atoms with van der Waals surface area (Å²) >= 11 is 4.26. The van der Waals surface area contributed by atoms with Crippen LogP contribution in [0.2, 0.25) is 0 Å². The van der Waals surface area contributed by atoms with Crippen molar-refractivity contribution in [1.29, 1.82) is 0 Å². The van der Waals surface area contributed by atoms with Gasteiger partial charge in [0.1, 0.15) is 15.0 Å². The van der Waals surface area contributed by atoms with Crippen molar-refractivity contribution in [2.45, 2.75) is 0 Å². The second kappa shape index (κ2) is 3.02. The van der Waals surface area contributed by atoms with Gasteiger partial charge in [0.15, 0.2) is 0 Å². The van der Waals surface area contributed by atoms with Gasteiger partial charge in [-0.2, -0.15) is 5.10 Å². The van der Waals surface area contributed by atoms with Gasteiger partial charge in [-0.1, -0.05) is 0 Å². The molecule has 0 fully saturated rings. The van der Waals surface area contributed by atoms with Crippen LogP contribution in [-0.2, 0) is 0 Å². The molecular weight excluding hydrogens is 382 g/mol. The standard InChI is InChI=1S/C7H4I2N2O/c8-5-4(12)2-1-3-6(5)10-11-7(3)9/h1-2,12H,(H,10,11).